The summed E-state index contributed by atoms with van der Waals surface area (Å²) in [4.78, 5) is 58.6. The van der Waals surface area contributed by atoms with Crippen LogP contribution in [0.1, 0.15) is 117 Å². The van der Waals surface area contributed by atoms with Crippen molar-refractivity contribution < 1.29 is 53.1 Å². The molecule has 3 fully saturated rings. The van der Waals surface area contributed by atoms with Gasteiger partial charge < -0.3 is 38.8 Å². The van der Waals surface area contributed by atoms with Gasteiger partial charge in [0, 0.05) is 46.1 Å². The predicted octanol–water partition coefficient (Wildman–Crippen LogP) is 7.20. The summed E-state index contributed by atoms with van der Waals surface area (Å²) in [6, 6.07) is 8.92. The number of rotatable bonds is 8. The average Bonchev–Trinajstić information content (AvgIpc) is 3.26. The molecular weight excluding hydrogens is 791 g/mol. The maximum Gasteiger partial charge on any atom is 0.329 e. The molecule has 2 saturated heterocycles. The molecule has 3 aliphatic heterocycles. The van der Waals surface area contributed by atoms with Gasteiger partial charge in [0.1, 0.15) is 24.0 Å². The molecule has 1 aromatic carbocycles. The van der Waals surface area contributed by atoms with E-state index in [1.54, 1.807) is 28.3 Å². The van der Waals surface area contributed by atoms with Gasteiger partial charge in [0.05, 0.1) is 24.4 Å². The minimum Gasteiger partial charge on any atom is -0.456 e. The van der Waals surface area contributed by atoms with Crippen molar-refractivity contribution in [2.75, 3.05) is 27.9 Å². The van der Waals surface area contributed by atoms with E-state index in [9.17, 15) is 29.4 Å². The van der Waals surface area contributed by atoms with Gasteiger partial charge in [-0.25, -0.2) is 4.79 Å². The molecule has 13 unspecified atom stereocenters. The summed E-state index contributed by atoms with van der Waals surface area (Å²) >= 11 is 0. The highest BCUT2D eigenvalue weighted by atomic mass is 16.7. The van der Waals surface area contributed by atoms with Crippen LogP contribution in [0.4, 0.5) is 0 Å². The Morgan fingerprint density at radius 3 is 2.29 bits per heavy atom. The molecule has 12 nitrogen and oxygen atoms in total. The lowest BCUT2D eigenvalue weighted by Crippen LogP contribution is -2.64. The fourth-order valence-electron chi connectivity index (χ4n) is 10.2. The molecule has 4 aliphatic rings. The van der Waals surface area contributed by atoms with Crippen LogP contribution in [0.25, 0.3) is 6.08 Å². The zero-order valence-electron chi connectivity index (χ0n) is 38.3. The van der Waals surface area contributed by atoms with E-state index >= 15 is 0 Å². The van der Waals surface area contributed by atoms with Crippen molar-refractivity contribution in [1.29, 1.82) is 0 Å². The molecule has 0 spiro atoms. The lowest BCUT2D eigenvalue weighted by atomic mass is 9.82. The van der Waals surface area contributed by atoms with Gasteiger partial charge in [-0.2, -0.15) is 0 Å². The molecule has 13 atom stereocenters. The Morgan fingerprint density at radius 1 is 0.903 bits per heavy atom. The summed E-state index contributed by atoms with van der Waals surface area (Å²) in [7, 11) is 4.70. The molecule has 1 saturated carbocycles. The van der Waals surface area contributed by atoms with Gasteiger partial charge in [-0.05, 0) is 113 Å². The van der Waals surface area contributed by atoms with Crippen molar-refractivity contribution in [2.24, 2.45) is 29.6 Å². The fourth-order valence-corrected chi connectivity index (χ4v) is 10.2. The second-order valence-electron chi connectivity index (χ2n) is 18.7. The summed E-state index contributed by atoms with van der Waals surface area (Å²) in [5.41, 5.74) is 2.91. The maximum absolute atomic E-state index is 14.4. The number of ketones is 2. The van der Waals surface area contributed by atoms with Gasteiger partial charge in [0.25, 0.3) is 11.7 Å². The number of aliphatic hydroxyl groups is 2. The van der Waals surface area contributed by atoms with Crippen LogP contribution in [-0.4, -0.2) is 115 Å². The first-order chi connectivity index (χ1) is 29.6. The topological polar surface area (TPSA) is 158 Å². The van der Waals surface area contributed by atoms with Gasteiger partial charge in [-0.3, -0.25) is 14.4 Å². The van der Waals surface area contributed by atoms with Gasteiger partial charge >= 0.3 is 5.97 Å². The number of carbonyl (C=O) groups is 4. The Kier molecular flexibility index (Phi) is 18.3. The van der Waals surface area contributed by atoms with E-state index in [2.05, 4.69) is 25.2 Å². The standard InChI is InChI=1S/C50H73NO11/c1-31-25-32(2)27-43(59-7)46-44(60-8)29-35(5)50(57,62-46)47(54)48(55)51-24-13-12-19-39(51)49(56)61-45(34(4)28-37-21-23-41(53)42(30-37)58-6)33(3)20-22-40(52)38(26-31)18-14-17-36-15-10-9-11-16-36/h9-11,14-17,26,28,32-33,35,37-39,41-46,53,57H,12-13,18-25,27,29-30H2,1-8H3. The highest BCUT2D eigenvalue weighted by molar-refractivity contribution is 6.39. The van der Waals surface area contributed by atoms with E-state index in [0.717, 1.165) is 23.1 Å². The third-order valence-corrected chi connectivity index (χ3v) is 13.8. The molecule has 2 bridgehead atoms. The Balaban J connectivity index is 1.53. The predicted molar refractivity (Wildman–Crippen MR) is 236 cm³/mol. The zero-order valence-corrected chi connectivity index (χ0v) is 38.3. The van der Waals surface area contributed by atoms with Gasteiger partial charge in [0.15, 0.2) is 0 Å². The van der Waals surface area contributed by atoms with E-state index in [4.69, 9.17) is 23.7 Å². The van der Waals surface area contributed by atoms with Crippen LogP contribution >= 0.6 is 0 Å². The van der Waals surface area contributed by atoms with Crippen LogP contribution in [0.15, 0.2) is 59.7 Å². The number of aliphatic hydroxyl groups excluding tert-OH is 1. The molecule has 0 radical (unpaired) electrons. The van der Waals surface area contributed by atoms with Crippen molar-refractivity contribution in [1.82, 2.24) is 4.90 Å². The van der Waals surface area contributed by atoms with Crippen LogP contribution in [0.3, 0.4) is 0 Å². The number of piperidine rings is 1. The quantitative estimate of drug-likeness (QED) is 0.155. The molecule has 62 heavy (non-hydrogen) atoms. The first-order valence-electron chi connectivity index (χ1n) is 22.9. The van der Waals surface area contributed by atoms with Crippen molar-refractivity contribution in [3.8, 4) is 0 Å². The minimum absolute atomic E-state index is 0.0474. The number of Topliss-reactive ketones (excluding diaryl/α,β-unsaturated/α-hetero) is 2. The number of hydrogen-bond donors (Lipinski definition) is 2. The van der Waals surface area contributed by atoms with Crippen molar-refractivity contribution in [3.05, 3.63) is 65.3 Å². The molecule has 344 valence electrons. The summed E-state index contributed by atoms with van der Waals surface area (Å²) in [5.74, 6) is -6.52. The van der Waals surface area contributed by atoms with Crippen LogP contribution < -0.4 is 0 Å². The number of cyclic esters (lactones) is 1. The summed E-state index contributed by atoms with van der Waals surface area (Å²) in [6.07, 6.45) is 10.7. The Hall–Kier alpha value is -3.52. The molecule has 1 amide bonds. The molecular formula is C50H73NO11. The first kappa shape index (κ1) is 49.5. The fraction of sp³-hybridized carbons (Fsp3) is 0.680. The van der Waals surface area contributed by atoms with Crippen LogP contribution in [0.5, 0.6) is 0 Å². The molecule has 2 N–H and O–H groups in total. The second-order valence-corrected chi connectivity index (χ2v) is 18.7. The lowest BCUT2D eigenvalue weighted by molar-refractivity contribution is -0.302. The number of nitrogens with zero attached hydrogens (tertiary/aromatic N) is 1. The third-order valence-electron chi connectivity index (χ3n) is 13.8. The number of carbonyl (C=O) groups excluding carboxylic acids is 4. The SMILES string of the molecule is COC1CC(C=C(C)C2OC(=O)C3CCCCN3C(=O)C(=O)C3(O)OC(C(OC)CC(C)CC(C)=CC(CC=Cc4ccccc4)C(=O)CCC2C)C(OC)CC3C)CCC1O. The number of amides is 1. The molecule has 0 aromatic heterocycles. The monoisotopic (exact) mass is 864 g/mol. The van der Waals surface area contributed by atoms with Gasteiger partial charge in [0.2, 0.25) is 5.79 Å². The summed E-state index contributed by atoms with van der Waals surface area (Å²) < 4.78 is 30.2. The largest absolute Gasteiger partial charge is 0.456 e. The first-order valence-corrected chi connectivity index (χ1v) is 22.9. The highest BCUT2D eigenvalue weighted by Crippen LogP contribution is 2.39. The number of benzene rings is 1. The minimum atomic E-state index is -2.48. The summed E-state index contributed by atoms with van der Waals surface area (Å²) in [6.45, 7) is 9.83. The number of methoxy groups -OCH3 is 3. The van der Waals surface area contributed by atoms with Gasteiger partial charge in [-0.15, -0.1) is 0 Å². The van der Waals surface area contributed by atoms with Crippen LogP contribution in [0, 0.1) is 29.6 Å². The number of ether oxygens (including phenoxy) is 5. The van der Waals surface area contributed by atoms with Crippen LogP contribution in [-0.2, 0) is 42.9 Å². The summed E-state index contributed by atoms with van der Waals surface area (Å²) in [5, 5.41) is 22.6. The molecule has 1 aliphatic carbocycles. The Morgan fingerprint density at radius 2 is 1.60 bits per heavy atom. The average molecular weight is 864 g/mol. The zero-order chi connectivity index (χ0) is 45.1. The van der Waals surface area contributed by atoms with Gasteiger partial charge in [-0.1, -0.05) is 81.0 Å². The smallest absolute Gasteiger partial charge is 0.329 e. The molecule has 5 rings (SSSR count). The van der Waals surface area contributed by atoms with Crippen molar-refractivity contribution in [2.45, 2.75) is 160 Å². The molecule has 3 heterocycles. The van der Waals surface area contributed by atoms with E-state index < -0.39 is 65.9 Å². The van der Waals surface area contributed by atoms with Crippen molar-refractivity contribution >= 4 is 29.5 Å². The highest BCUT2D eigenvalue weighted by Gasteiger charge is 2.56. The number of allylic oxidation sites excluding steroid dienone is 4. The number of esters is 1. The number of hydrogen-bond acceptors (Lipinski definition) is 11. The van der Waals surface area contributed by atoms with Crippen molar-refractivity contribution in [3.63, 3.8) is 0 Å². The Labute approximate surface area is 369 Å². The maximum atomic E-state index is 14.4. The van der Waals surface area contributed by atoms with E-state index in [1.807, 2.05) is 57.2 Å². The van der Waals surface area contributed by atoms with E-state index in [0.29, 0.717) is 51.4 Å². The van der Waals surface area contributed by atoms with E-state index in [1.165, 1.54) is 4.90 Å². The van der Waals surface area contributed by atoms with Crippen LogP contribution in [0.2, 0.25) is 0 Å². The normalized spacial score (nSPS) is 36.7. The lowest BCUT2D eigenvalue weighted by Gasteiger charge is -2.47. The third kappa shape index (κ3) is 12.4. The number of fused-ring (bicyclic) bond motifs is 3. The Bertz CT molecular complexity index is 1760. The van der Waals surface area contributed by atoms with E-state index in [-0.39, 0.29) is 61.4 Å². The molecule has 1 aromatic rings. The molecule has 12 heteroatoms. The second kappa shape index (κ2) is 22.9.